The molecule has 0 bridgehead atoms. The summed E-state index contributed by atoms with van der Waals surface area (Å²) in [6, 6.07) is 0.869. The lowest BCUT2D eigenvalue weighted by Gasteiger charge is -2.07. The first-order valence-corrected chi connectivity index (χ1v) is 4.88. The molecule has 0 aromatic carbocycles. The number of aromatic nitrogens is 1. The summed E-state index contributed by atoms with van der Waals surface area (Å²) in [5.41, 5.74) is -0.492. The van der Waals surface area contributed by atoms with Crippen LogP contribution in [0.5, 0.6) is 5.88 Å². The van der Waals surface area contributed by atoms with E-state index in [4.69, 9.17) is 0 Å². The Morgan fingerprint density at radius 1 is 1.53 bits per heavy atom. The van der Waals surface area contributed by atoms with Gasteiger partial charge in [-0.15, -0.1) is 13.2 Å². The van der Waals surface area contributed by atoms with Crippen molar-refractivity contribution < 1.29 is 27.6 Å². The number of alkyl halides is 3. The summed E-state index contributed by atoms with van der Waals surface area (Å²) in [6.07, 6.45) is -5.00. The number of halogens is 4. The van der Waals surface area contributed by atoms with Gasteiger partial charge in [0.1, 0.15) is 5.56 Å². The van der Waals surface area contributed by atoms with Crippen molar-refractivity contribution in [1.29, 1.82) is 0 Å². The zero-order chi connectivity index (χ0) is 13.2. The fourth-order valence-electron chi connectivity index (χ4n) is 0.877. The van der Waals surface area contributed by atoms with E-state index in [1.807, 2.05) is 0 Å². The molecular formula is C7H2F3IN2O4. The number of carbonyl (C=O) groups is 1. The summed E-state index contributed by atoms with van der Waals surface area (Å²) in [5, 5.41) is 10.4. The number of ether oxygens (including phenoxy) is 1. The van der Waals surface area contributed by atoms with Crippen LogP contribution in [-0.4, -0.2) is 22.6 Å². The van der Waals surface area contributed by atoms with Crippen LogP contribution < -0.4 is 4.74 Å². The summed E-state index contributed by atoms with van der Waals surface area (Å²) in [5.74, 6) is -1.97. The Hall–Kier alpha value is -1.46. The van der Waals surface area contributed by atoms with Gasteiger partial charge in [0, 0.05) is 8.55 Å². The third-order valence-electron chi connectivity index (χ3n) is 1.48. The number of nitrogens with zero attached hydrogens (tertiary/aromatic N) is 2. The molecule has 0 saturated heterocycles. The third-order valence-corrected chi connectivity index (χ3v) is 2.37. The lowest BCUT2D eigenvalue weighted by atomic mass is 10.3. The third kappa shape index (κ3) is 3.51. The first kappa shape index (κ1) is 13.6. The van der Waals surface area contributed by atoms with Crippen LogP contribution in [0.15, 0.2) is 6.07 Å². The van der Waals surface area contributed by atoms with Gasteiger partial charge < -0.3 is 14.9 Å². The van der Waals surface area contributed by atoms with Crippen LogP contribution in [-0.2, 0) is 0 Å². The lowest BCUT2D eigenvalue weighted by molar-refractivity contribution is -0.390. The molecular weight excluding hydrogens is 360 g/mol. The van der Waals surface area contributed by atoms with Crippen LogP contribution in [0.25, 0.3) is 0 Å². The van der Waals surface area contributed by atoms with Gasteiger partial charge in [0.2, 0.25) is 0 Å². The molecule has 1 aromatic heterocycles. The fraction of sp³-hybridized carbons (Fsp3) is 0.143. The highest BCUT2D eigenvalue weighted by Crippen LogP contribution is 2.29. The van der Waals surface area contributed by atoms with E-state index in [1.165, 1.54) is 22.6 Å². The Bertz CT molecular complexity index is 477. The minimum Gasteiger partial charge on any atom is -0.366 e. The maximum atomic E-state index is 12.0. The van der Waals surface area contributed by atoms with Crippen molar-refractivity contribution in [2.45, 2.75) is 6.36 Å². The van der Waals surface area contributed by atoms with E-state index in [1.54, 1.807) is 0 Å². The van der Waals surface area contributed by atoms with Crippen LogP contribution in [0, 0.1) is 13.7 Å². The molecule has 0 aliphatic carbocycles. The largest absolute Gasteiger partial charge is 0.575 e. The number of nitro groups is 1. The molecule has 0 aliphatic heterocycles. The average Bonchev–Trinajstić information content (AvgIpc) is 2.14. The van der Waals surface area contributed by atoms with E-state index in [0.717, 1.165) is 6.07 Å². The number of rotatable bonds is 3. The maximum Gasteiger partial charge on any atom is 0.575 e. The molecule has 0 saturated carbocycles. The van der Waals surface area contributed by atoms with Crippen molar-refractivity contribution in [2.24, 2.45) is 0 Å². The van der Waals surface area contributed by atoms with Gasteiger partial charge >= 0.3 is 18.1 Å². The molecule has 1 rings (SSSR count). The van der Waals surface area contributed by atoms with Crippen LogP contribution in [0.2, 0.25) is 0 Å². The molecule has 0 fully saturated rings. The molecule has 0 atom stereocenters. The molecule has 1 aromatic rings. The Kier molecular flexibility index (Phi) is 3.85. The maximum absolute atomic E-state index is 12.0. The first-order chi connectivity index (χ1) is 7.74. The molecule has 0 amide bonds. The topological polar surface area (TPSA) is 82.3 Å². The molecule has 0 N–H and O–H groups in total. The van der Waals surface area contributed by atoms with Crippen molar-refractivity contribution in [3.63, 3.8) is 0 Å². The molecule has 0 unspecified atom stereocenters. The molecule has 92 valence electrons. The highest BCUT2D eigenvalue weighted by molar-refractivity contribution is 14.1. The van der Waals surface area contributed by atoms with E-state index in [2.05, 4.69) is 9.72 Å². The quantitative estimate of drug-likeness (QED) is 0.357. The molecule has 17 heavy (non-hydrogen) atoms. The number of carbonyl (C=O) groups excluding carboxylic acids is 1. The van der Waals surface area contributed by atoms with Crippen molar-refractivity contribution in [3.05, 3.63) is 25.3 Å². The molecule has 0 aliphatic rings. The Labute approximate surface area is 105 Å². The van der Waals surface area contributed by atoms with Crippen LogP contribution in [0.4, 0.5) is 19.0 Å². The number of pyridine rings is 1. The van der Waals surface area contributed by atoms with Crippen molar-refractivity contribution >= 4 is 34.7 Å². The monoisotopic (exact) mass is 362 g/mol. The van der Waals surface area contributed by atoms with E-state index < -0.39 is 28.5 Å². The molecule has 0 radical (unpaired) electrons. The summed E-state index contributed by atoms with van der Waals surface area (Å²) < 4.78 is 39.3. The summed E-state index contributed by atoms with van der Waals surface area (Å²) in [4.78, 5) is 23.0. The standard InChI is InChI=1S/C7H2F3IN2O4/c8-7(9,10)17-6-3(2-14)4(11)1-5(12-6)13(15)16/h1-2H. The van der Waals surface area contributed by atoms with E-state index in [9.17, 15) is 28.1 Å². The summed E-state index contributed by atoms with van der Waals surface area (Å²) >= 11 is 1.47. The predicted molar refractivity (Wildman–Crippen MR) is 55.7 cm³/mol. The van der Waals surface area contributed by atoms with Gasteiger partial charge in [-0.25, -0.2) is 0 Å². The highest BCUT2D eigenvalue weighted by atomic mass is 127. The van der Waals surface area contributed by atoms with E-state index in [-0.39, 0.29) is 9.86 Å². The minimum absolute atomic E-state index is 0.0569. The zero-order valence-electron chi connectivity index (χ0n) is 7.69. The highest BCUT2D eigenvalue weighted by Gasteiger charge is 2.36. The van der Waals surface area contributed by atoms with Crippen LogP contribution >= 0.6 is 22.6 Å². The van der Waals surface area contributed by atoms with Crippen LogP contribution in [0.3, 0.4) is 0 Å². The molecule has 0 spiro atoms. The van der Waals surface area contributed by atoms with E-state index in [0.29, 0.717) is 0 Å². The molecule has 10 heteroatoms. The van der Waals surface area contributed by atoms with Gasteiger partial charge in [0.15, 0.2) is 6.29 Å². The second kappa shape index (κ2) is 4.81. The fourth-order valence-corrected chi connectivity index (χ4v) is 1.51. The van der Waals surface area contributed by atoms with Gasteiger partial charge in [-0.05, 0) is 27.5 Å². The minimum atomic E-state index is -5.08. The van der Waals surface area contributed by atoms with Gasteiger partial charge in [-0.2, -0.15) is 0 Å². The van der Waals surface area contributed by atoms with Crippen molar-refractivity contribution in [1.82, 2.24) is 4.98 Å². The van der Waals surface area contributed by atoms with Crippen molar-refractivity contribution in [2.75, 3.05) is 0 Å². The van der Waals surface area contributed by atoms with Crippen molar-refractivity contribution in [3.8, 4) is 5.88 Å². The molecule has 6 nitrogen and oxygen atoms in total. The number of hydrogen-bond acceptors (Lipinski definition) is 5. The van der Waals surface area contributed by atoms with Gasteiger partial charge in [0.05, 0.1) is 6.07 Å². The Balaban J connectivity index is 3.34. The number of hydrogen-bond donors (Lipinski definition) is 0. The summed E-state index contributed by atoms with van der Waals surface area (Å²) in [6.45, 7) is 0. The SMILES string of the molecule is O=Cc1c(I)cc([N+](=O)[O-])nc1OC(F)(F)F. The van der Waals surface area contributed by atoms with Gasteiger partial charge in [-0.1, -0.05) is 0 Å². The van der Waals surface area contributed by atoms with E-state index >= 15 is 0 Å². The summed E-state index contributed by atoms with van der Waals surface area (Å²) in [7, 11) is 0. The second-order valence-electron chi connectivity index (χ2n) is 2.60. The smallest absolute Gasteiger partial charge is 0.366 e. The van der Waals surface area contributed by atoms with Gasteiger partial charge in [-0.3, -0.25) is 4.79 Å². The predicted octanol–water partition coefficient (Wildman–Crippen LogP) is 2.31. The van der Waals surface area contributed by atoms with Crippen LogP contribution in [0.1, 0.15) is 10.4 Å². The second-order valence-corrected chi connectivity index (χ2v) is 3.77. The Morgan fingerprint density at radius 3 is 2.53 bits per heavy atom. The number of aldehydes is 1. The average molecular weight is 362 g/mol. The zero-order valence-corrected chi connectivity index (χ0v) is 9.85. The Morgan fingerprint density at radius 2 is 2.12 bits per heavy atom. The lowest BCUT2D eigenvalue weighted by Crippen LogP contribution is -2.19. The molecule has 1 heterocycles. The van der Waals surface area contributed by atoms with Gasteiger partial charge in [0.25, 0.3) is 0 Å². The normalized spacial score (nSPS) is 11.1. The first-order valence-electron chi connectivity index (χ1n) is 3.80.